The summed E-state index contributed by atoms with van der Waals surface area (Å²) in [6, 6.07) is 6.12. The number of benzene rings is 1. The van der Waals surface area contributed by atoms with Gasteiger partial charge in [0, 0.05) is 18.7 Å². The van der Waals surface area contributed by atoms with Gasteiger partial charge in [-0.3, -0.25) is 14.9 Å². The van der Waals surface area contributed by atoms with E-state index in [9.17, 15) is 14.9 Å². The van der Waals surface area contributed by atoms with Crippen molar-refractivity contribution in [3.05, 3.63) is 45.8 Å². The van der Waals surface area contributed by atoms with Gasteiger partial charge >= 0.3 is 0 Å². The van der Waals surface area contributed by atoms with Crippen molar-refractivity contribution in [2.45, 2.75) is 30.7 Å². The van der Waals surface area contributed by atoms with Crippen molar-refractivity contribution in [3.8, 4) is 0 Å². The Bertz CT molecular complexity index is 754. The van der Waals surface area contributed by atoms with E-state index in [-0.39, 0.29) is 16.8 Å². The minimum atomic E-state index is -0.464. The zero-order chi connectivity index (χ0) is 16.6. The van der Waals surface area contributed by atoms with E-state index in [1.165, 1.54) is 23.9 Å². The van der Waals surface area contributed by atoms with Gasteiger partial charge in [0.15, 0.2) is 0 Å². The monoisotopic (exact) mass is 333 g/mol. The van der Waals surface area contributed by atoms with Crippen molar-refractivity contribution in [3.63, 3.8) is 0 Å². The first-order chi connectivity index (χ1) is 11.0. The summed E-state index contributed by atoms with van der Waals surface area (Å²) < 4.78 is 5.51. The van der Waals surface area contributed by atoms with Crippen LogP contribution in [0.15, 0.2) is 33.9 Å². The molecule has 0 saturated carbocycles. The Morgan fingerprint density at radius 1 is 1.43 bits per heavy atom. The molecular weight excluding hydrogens is 318 g/mol. The molecule has 1 unspecified atom stereocenters. The SMILES string of the molecule is Cc1nc(SC2CCN(c3cccc([N+](=O)[O-])c3)C2=O)oc1C. The lowest BCUT2D eigenvalue weighted by Gasteiger charge is -2.16. The first-order valence-electron chi connectivity index (χ1n) is 7.12. The van der Waals surface area contributed by atoms with Gasteiger partial charge in [-0.2, -0.15) is 0 Å². The highest BCUT2D eigenvalue weighted by Gasteiger charge is 2.35. The predicted octanol–water partition coefficient (Wildman–Crippen LogP) is 3.10. The van der Waals surface area contributed by atoms with Crippen LogP contribution in [0.4, 0.5) is 11.4 Å². The second-order valence-corrected chi connectivity index (χ2v) is 6.44. The van der Waals surface area contributed by atoms with E-state index >= 15 is 0 Å². The average Bonchev–Trinajstić information content (AvgIpc) is 3.03. The summed E-state index contributed by atoms with van der Waals surface area (Å²) in [4.78, 5) is 28.8. The molecule has 0 N–H and O–H groups in total. The molecule has 0 radical (unpaired) electrons. The number of thioether (sulfide) groups is 1. The van der Waals surface area contributed by atoms with Crippen LogP contribution < -0.4 is 4.90 Å². The van der Waals surface area contributed by atoms with Gasteiger partial charge in [0.1, 0.15) is 5.76 Å². The number of oxazole rings is 1. The smallest absolute Gasteiger partial charge is 0.271 e. The Hall–Kier alpha value is -2.35. The molecule has 7 nitrogen and oxygen atoms in total. The van der Waals surface area contributed by atoms with Crippen molar-refractivity contribution in [1.82, 2.24) is 4.98 Å². The number of nitrogens with zero attached hydrogens (tertiary/aromatic N) is 3. The molecule has 1 saturated heterocycles. The Labute approximate surface area is 136 Å². The van der Waals surface area contributed by atoms with E-state index in [1.807, 2.05) is 13.8 Å². The number of non-ortho nitro benzene ring substituents is 1. The van der Waals surface area contributed by atoms with E-state index in [1.54, 1.807) is 17.0 Å². The standard InChI is InChI=1S/C15H15N3O4S/c1-9-10(2)22-15(16-9)23-13-6-7-17(14(13)19)11-4-3-5-12(8-11)18(20)21/h3-5,8,13H,6-7H2,1-2H3. The Morgan fingerprint density at radius 3 is 2.87 bits per heavy atom. The first kappa shape index (κ1) is 15.5. The molecule has 1 aromatic heterocycles. The maximum absolute atomic E-state index is 12.5. The molecule has 1 atom stereocenters. The highest BCUT2D eigenvalue weighted by atomic mass is 32.2. The molecule has 0 bridgehead atoms. The van der Waals surface area contributed by atoms with Crippen LogP contribution in [0.25, 0.3) is 0 Å². The van der Waals surface area contributed by atoms with Gasteiger partial charge in [-0.15, -0.1) is 0 Å². The van der Waals surface area contributed by atoms with Gasteiger partial charge in [-0.1, -0.05) is 17.8 Å². The van der Waals surface area contributed by atoms with Gasteiger partial charge in [-0.05, 0) is 26.3 Å². The number of hydrogen-bond acceptors (Lipinski definition) is 6. The summed E-state index contributed by atoms with van der Waals surface area (Å²) in [6.45, 7) is 4.21. The minimum absolute atomic E-state index is 0.0228. The van der Waals surface area contributed by atoms with E-state index in [2.05, 4.69) is 4.98 Å². The molecule has 0 aliphatic carbocycles. The number of aryl methyl sites for hydroxylation is 2. The molecule has 1 aliphatic heterocycles. The zero-order valence-electron chi connectivity index (χ0n) is 12.7. The number of carbonyl (C=O) groups excluding carboxylic acids is 1. The summed E-state index contributed by atoms with van der Waals surface area (Å²) in [5.41, 5.74) is 1.34. The number of aromatic nitrogens is 1. The fraction of sp³-hybridized carbons (Fsp3) is 0.333. The van der Waals surface area contributed by atoms with Crippen LogP contribution in [0.1, 0.15) is 17.9 Å². The molecule has 1 aliphatic rings. The molecule has 0 spiro atoms. The average molecular weight is 333 g/mol. The van der Waals surface area contributed by atoms with Gasteiger partial charge in [0.05, 0.1) is 21.6 Å². The van der Waals surface area contributed by atoms with Crippen molar-refractivity contribution >= 4 is 29.0 Å². The lowest BCUT2D eigenvalue weighted by Crippen LogP contribution is -2.28. The second kappa shape index (κ2) is 6.04. The summed E-state index contributed by atoms with van der Waals surface area (Å²) in [5.74, 6) is 0.664. The molecule has 120 valence electrons. The summed E-state index contributed by atoms with van der Waals surface area (Å²) >= 11 is 1.30. The Morgan fingerprint density at radius 2 is 2.22 bits per heavy atom. The van der Waals surface area contributed by atoms with Crippen molar-refractivity contribution < 1.29 is 14.1 Å². The molecule has 2 heterocycles. The van der Waals surface area contributed by atoms with Gasteiger partial charge < -0.3 is 9.32 Å². The summed E-state index contributed by atoms with van der Waals surface area (Å²) in [5, 5.41) is 11.1. The topological polar surface area (TPSA) is 89.5 Å². The predicted molar refractivity (Wildman–Crippen MR) is 85.7 cm³/mol. The quantitative estimate of drug-likeness (QED) is 0.631. The third-order valence-corrected chi connectivity index (χ3v) is 4.86. The summed E-state index contributed by atoms with van der Waals surface area (Å²) in [6.07, 6.45) is 0.646. The van der Waals surface area contributed by atoms with Crippen molar-refractivity contribution in [2.75, 3.05) is 11.4 Å². The zero-order valence-corrected chi connectivity index (χ0v) is 13.5. The van der Waals surface area contributed by atoms with Gasteiger partial charge in [0.2, 0.25) is 5.91 Å². The van der Waals surface area contributed by atoms with Crippen molar-refractivity contribution in [1.29, 1.82) is 0 Å². The molecule has 1 fully saturated rings. The number of hydrogen-bond donors (Lipinski definition) is 0. The molecule has 23 heavy (non-hydrogen) atoms. The minimum Gasteiger partial charge on any atom is -0.437 e. The second-order valence-electron chi connectivity index (χ2n) is 5.28. The fourth-order valence-electron chi connectivity index (χ4n) is 2.41. The normalized spacial score (nSPS) is 17.7. The Kier molecular flexibility index (Phi) is 4.08. The fourth-order valence-corrected chi connectivity index (χ4v) is 3.47. The van der Waals surface area contributed by atoms with Gasteiger partial charge in [-0.25, -0.2) is 4.98 Å². The number of amides is 1. The first-order valence-corrected chi connectivity index (χ1v) is 8.00. The largest absolute Gasteiger partial charge is 0.437 e. The lowest BCUT2D eigenvalue weighted by atomic mass is 10.2. The molecule has 2 aromatic rings. The van der Waals surface area contributed by atoms with E-state index in [0.717, 1.165) is 11.5 Å². The maximum atomic E-state index is 12.5. The number of nitro groups is 1. The number of carbonyl (C=O) groups is 1. The van der Waals surface area contributed by atoms with Crippen LogP contribution in [0.5, 0.6) is 0 Å². The highest BCUT2D eigenvalue weighted by molar-refractivity contribution is 8.00. The van der Waals surface area contributed by atoms with Crippen molar-refractivity contribution in [2.24, 2.45) is 0 Å². The highest BCUT2D eigenvalue weighted by Crippen LogP contribution is 2.34. The van der Waals surface area contributed by atoms with E-state index < -0.39 is 4.92 Å². The number of rotatable bonds is 4. The van der Waals surface area contributed by atoms with Gasteiger partial charge in [0.25, 0.3) is 10.9 Å². The van der Waals surface area contributed by atoms with Crippen LogP contribution >= 0.6 is 11.8 Å². The maximum Gasteiger partial charge on any atom is 0.271 e. The third-order valence-electron chi connectivity index (χ3n) is 3.76. The number of nitro benzene ring substituents is 1. The molecule has 8 heteroatoms. The molecule has 1 aromatic carbocycles. The lowest BCUT2D eigenvalue weighted by molar-refractivity contribution is -0.384. The molecule has 1 amide bonds. The van der Waals surface area contributed by atoms with Crippen LogP contribution in [0.2, 0.25) is 0 Å². The molecular formula is C15H15N3O4S. The van der Waals surface area contributed by atoms with Crippen LogP contribution in [0, 0.1) is 24.0 Å². The van der Waals surface area contributed by atoms with Crippen LogP contribution in [-0.2, 0) is 4.79 Å². The number of anilines is 1. The van der Waals surface area contributed by atoms with Crippen LogP contribution in [0.3, 0.4) is 0 Å². The van der Waals surface area contributed by atoms with E-state index in [0.29, 0.717) is 23.9 Å². The third kappa shape index (κ3) is 3.07. The van der Waals surface area contributed by atoms with Crippen LogP contribution in [-0.4, -0.2) is 27.6 Å². The Balaban J connectivity index is 1.76. The summed E-state index contributed by atoms with van der Waals surface area (Å²) in [7, 11) is 0. The molecule has 3 rings (SSSR count). The van der Waals surface area contributed by atoms with E-state index in [4.69, 9.17) is 4.42 Å².